The van der Waals surface area contributed by atoms with Gasteiger partial charge in [-0.05, 0) is 0 Å². The maximum absolute atomic E-state index is 5.30. The molecule has 58 valence electrons. The van der Waals surface area contributed by atoms with Crippen molar-refractivity contribution in [2.75, 3.05) is 7.05 Å². The average Bonchev–Trinajstić information content (AvgIpc) is 2.34. The summed E-state index contributed by atoms with van der Waals surface area (Å²) in [6, 6.07) is 0. The molecule has 0 aromatic carbocycles. The number of hydrogen-bond acceptors (Lipinski definition) is 3. The lowest BCUT2D eigenvalue weighted by atomic mass is 10.4. The number of rotatable bonds is 1. The summed E-state index contributed by atoms with van der Waals surface area (Å²) in [5.41, 5.74) is 5.97. The third kappa shape index (κ3) is 1.29. The molecule has 1 rings (SSSR count). The third-order valence-electron chi connectivity index (χ3n) is 1.30. The van der Waals surface area contributed by atoms with Gasteiger partial charge in [-0.15, -0.1) is 0 Å². The Labute approximate surface area is 65.4 Å². The molecule has 0 aromatic heterocycles. The molecule has 0 atom stereocenters. The fourth-order valence-electron chi connectivity index (χ4n) is 0.803. The molecule has 0 radical (unpaired) electrons. The van der Waals surface area contributed by atoms with Crippen molar-refractivity contribution in [1.29, 1.82) is 0 Å². The molecule has 0 saturated heterocycles. The van der Waals surface area contributed by atoms with E-state index >= 15 is 0 Å². The molecule has 0 saturated carbocycles. The van der Waals surface area contributed by atoms with Gasteiger partial charge in [-0.3, -0.25) is 0 Å². The van der Waals surface area contributed by atoms with Crippen LogP contribution in [0.1, 0.15) is 0 Å². The summed E-state index contributed by atoms with van der Waals surface area (Å²) in [6.07, 6.45) is 4.54. The van der Waals surface area contributed by atoms with Crippen molar-refractivity contribution >= 4 is 12.2 Å². The van der Waals surface area contributed by atoms with Crippen molar-refractivity contribution in [2.45, 2.75) is 0 Å². The van der Waals surface area contributed by atoms with E-state index in [4.69, 9.17) is 5.73 Å². The van der Waals surface area contributed by atoms with Gasteiger partial charge in [0, 0.05) is 19.4 Å². The van der Waals surface area contributed by atoms with Gasteiger partial charge in [0.2, 0.25) is 0 Å². The van der Waals surface area contributed by atoms with Gasteiger partial charge in [0.1, 0.15) is 5.70 Å². The van der Waals surface area contributed by atoms with Crippen LogP contribution in [0.25, 0.3) is 0 Å². The smallest absolute Gasteiger partial charge is 0.160 e. The Hall–Kier alpha value is -1.58. The predicted octanol–water partition coefficient (Wildman–Crippen LogP) is 0.302. The predicted molar refractivity (Wildman–Crippen MR) is 46.2 cm³/mol. The molecule has 0 aliphatic carbocycles. The Morgan fingerprint density at radius 1 is 1.82 bits per heavy atom. The van der Waals surface area contributed by atoms with E-state index < -0.39 is 0 Å². The van der Waals surface area contributed by atoms with Crippen LogP contribution in [-0.2, 0) is 0 Å². The van der Waals surface area contributed by atoms with Gasteiger partial charge in [0.25, 0.3) is 0 Å². The van der Waals surface area contributed by atoms with Crippen LogP contribution in [0.15, 0.2) is 34.7 Å². The highest BCUT2D eigenvalue weighted by Gasteiger charge is 2.14. The number of nitrogens with zero attached hydrogens (tertiary/aromatic N) is 3. The molecule has 0 unspecified atom stereocenters. The number of aliphatic imine (C=N–C) groups is 2. The zero-order chi connectivity index (χ0) is 8.27. The first-order valence-corrected chi connectivity index (χ1v) is 3.17. The van der Waals surface area contributed by atoms with Crippen LogP contribution < -0.4 is 5.73 Å². The minimum absolute atomic E-state index is 0.674. The first-order chi connectivity index (χ1) is 5.29. The van der Waals surface area contributed by atoms with E-state index in [1.807, 2.05) is 7.05 Å². The van der Waals surface area contributed by atoms with Crippen LogP contribution in [0, 0.1) is 0 Å². The Kier molecular flexibility index (Phi) is 2.06. The van der Waals surface area contributed by atoms with Crippen LogP contribution in [0.5, 0.6) is 0 Å². The fourth-order valence-corrected chi connectivity index (χ4v) is 0.803. The highest BCUT2D eigenvalue weighted by Crippen LogP contribution is 2.08. The lowest BCUT2D eigenvalue weighted by Gasteiger charge is -2.06. The molecule has 0 amide bonds. The van der Waals surface area contributed by atoms with Gasteiger partial charge in [-0.25, -0.2) is 9.98 Å². The summed E-state index contributed by atoms with van der Waals surface area (Å²) < 4.78 is 0. The summed E-state index contributed by atoms with van der Waals surface area (Å²) in [7, 11) is 1.85. The molecule has 4 heteroatoms. The minimum Gasteiger partial charge on any atom is -0.403 e. The summed E-state index contributed by atoms with van der Waals surface area (Å²) in [4.78, 5) is 9.76. The van der Waals surface area contributed by atoms with Crippen LogP contribution in [-0.4, -0.2) is 24.1 Å². The zero-order valence-corrected chi connectivity index (χ0v) is 6.36. The normalized spacial score (nSPS) is 23.5. The molecular weight excluding hydrogens is 140 g/mol. The molecular formula is C7H10N4. The van der Waals surface area contributed by atoms with Crippen molar-refractivity contribution in [2.24, 2.45) is 15.7 Å². The maximum Gasteiger partial charge on any atom is 0.160 e. The van der Waals surface area contributed by atoms with Crippen molar-refractivity contribution in [3.05, 3.63) is 24.7 Å². The van der Waals surface area contributed by atoms with Crippen molar-refractivity contribution < 1.29 is 0 Å². The molecule has 2 N–H and O–H groups in total. The topological polar surface area (TPSA) is 54.0 Å². The van der Waals surface area contributed by atoms with E-state index in [0.29, 0.717) is 5.70 Å². The van der Waals surface area contributed by atoms with E-state index in [0.717, 1.165) is 5.84 Å². The fraction of sp³-hybridized carbons (Fsp3) is 0.143. The van der Waals surface area contributed by atoms with E-state index in [2.05, 4.69) is 16.6 Å². The summed E-state index contributed by atoms with van der Waals surface area (Å²) in [5.74, 6) is 0.725. The molecule has 4 nitrogen and oxygen atoms in total. The van der Waals surface area contributed by atoms with Gasteiger partial charge in [-0.1, -0.05) is 6.58 Å². The second-order valence-corrected chi connectivity index (χ2v) is 2.04. The summed E-state index contributed by atoms with van der Waals surface area (Å²) in [6.45, 7) is 3.49. The molecule has 1 heterocycles. The lowest BCUT2D eigenvalue weighted by Crippen LogP contribution is -2.20. The largest absolute Gasteiger partial charge is 0.403 e. The van der Waals surface area contributed by atoms with Gasteiger partial charge >= 0.3 is 0 Å². The molecule has 11 heavy (non-hydrogen) atoms. The second-order valence-electron chi connectivity index (χ2n) is 2.04. The Bertz CT molecular complexity index is 249. The van der Waals surface area contributed by atoms with Crippen molar-refractivity contribution in [1.82, 2.24) is 4.90 Å². The summed E-state index contributed by atoms with van der Waals surface area (Å²) in [5, 5.41) is 0. The van der Waals surface area contributed by atoms with E-state index in [1.165, 1.54) is 12.4 Å². The molecule has 1 aliphatic rings. The molecule has 0 fully saturated rings. The Balaban J connectivity index is 2.95. The molecule has 0 aromatic rings. The number of hydrogen-bond donors (Lipinski definition) is 1. The minimum atomic E-state index is 0.674. The van der Waals surface area contributed by atoms with Crippen LogP contribution in [0.3, 0.4) is 0 Å². The highest BCUT2D eigenvalue weighted by atomic mass is 15.2. The van der Waals surface area contributed by atoms with Gasteiger partial charge in [0.15, 0.2) is 5.84 Å². The Morgan fingerprint density at radius 3 is 3.09 bits per heavy atom. The summed E-state index contributed by atoms with van der Waals surface area (Å²) >= 11 is 0. The molecule has 1 aliphatic heterocycles. The van der Waals surface area contributed by atoms with E-state index in [-0.39, 0.29) is 0 Å². The highest BCUT2D eigenvalue weighted by molar-refractivity contribution is 6.08. The number of nitrogens with two attached hydrogens (primary N) is 1. The first-order valence-electron chi connectivity index (χ1n) is 3.17. The maximum atomic E-state index is 5.30. The number of likely N-dealkylation sites (N-methyl/N-ethyl adjacent to an activating group) is 1. The average molecular weight is 150 g/mol. The van der Waals surface area contributed by atoms with E-state index in [9.17, 15) is 0 Å². The monoisotopic (exact) mass is 150 g/mol. The second kappa shape index (κ2) is 3.01. The van der Waals surface area contributed by atoms with Crippen molar-refractivity contribution in [3.8, 4) is 0 Å². The zero-order valence-electron chi connectivity index (χ0n) is 6.36. The van der Waals surface area contributed by atoms with Crippen LogP contribution in [0.4, 0.5) is 0 Å². The molecule has 0 bridgehead atoms. The molecule has 0 spiro atoms. The quantitative estimate of drug-likeness (QED) is 0.584. The van der Waals surface area contributed by atoms with E-state index in [1.54, 1.807) is 11.2 Å². The third-order valence-corrected chi connectivity index (χ3v) is 1.30. The van der Waals surface area contributed by atoms with Gasteiger partial charge in [-0.2, -0.15) is 0 Å². The van der Waals surface area contributed by atoms with Gasteiger partial charge < -0.3 is 10.6 Å². The van der Waals surface area contributed by atoms with Crippen LogP contribution >= 0.6 is 0 Å². The van der Waals surface area contributed by atoms with Gasteiger partial charge in [0.05, 0.1) is 6.34 Å². The standard InChI is InChI=1S/C7H10N4/c1-3-9-7-6(4-8)10-5-11(7)2/h3-5H,1,8H2,2H3/b6-4+,9-7+. The van der Waals surface area contributed by atoms with Crippen molar-refractivity contribution in [3.63, 3.8) is 0 Å². The van der Waals surface area contributed by atoms with Crippen LogP contribution in [0.2, 0.25) is 0 Å². The number of amidine groups is 1. The first kappa shape index (κ1) is 7.53. The lowest BCUT2D eigenvalue weighted by molar-refractivity contribution is 0.795. The Morgan fingerprint density at radius 2 is 2.55 bits per heavy atom. The SMILES string of the molecule is C=C/N=C1\C(=C/N)N=CN1C.